The molecule has 1 aliphatic heterocycles. The van der Waals surface area contributed by atoms with Crippen molar-refractivity contribution in [3.8, 4) is 5.75 Å². The summed E-state index contributed by atoms with van der Waals surface area (Å²) in [5.41, 5.74) is 1.71. The van der Waals surface area contributed by atoms with Gasteiger partial charge < -0.3 is 33.2 Å². The quantitative estimate of drug-likeness (QED) is 0.384. The predicted octanol–water partition coefficient (Wildman–Crippen LogP) is 5.48. The Morgan fingerprint density at radius 3 is 2.11 bits per heavy atom. The fraction of sp³-hybridized carbons (Fsp3) is 0.586. The molecule has 1 saturated heterocycles. The van der Waals surface area contributed by atoms with Crippen LogP contribution < -0.4 is 4.74 Å². The maximum Gasteiger partial charge on any atom is 0.192 e. The summed E-state index contributed by atoms with van der Waals surface area (Å²) in [5.74, 6) is 0.778. The maximum atomic E-state index is 11.5. The number of benzene rings is 2. The highest BCUT2D eigenvalue weighted by Gasteiger charge is 2.53. The highest BCUT2D eigenvalue weighted by molar-refractivity contribution is 6.74. The molecule has 0 aliphatic carbocycles. The number of hydrogen-bond donors (Lipinski definition) is 1. The molecular formula is C29H44O7Si. The van der Waals surface area contributed by atoms with Gasteiger partial charge in [-0.05, 0) is 48.3 Å². The van der Waals surface area contributed by atoms with Crippen molar-refractivity contribution in [1.29, 1.82) is 0 Å². The lowest BCUT2D eigenvalue weighted by Crippen LogP contribution is -2.64. The van der Waals surface area contributed by atoms with E-state index in [0.29, 0.717) is 13.2 Å². The van der Waals surface area contributed by atoms with Gasteiger partial charge in [-0.3, -0.25) is 0 Å². The highest BCUT2D eigenvalue weighted by atomic mass is 28.4. The SMILES string of the molecule is CCO[C@@H]1[C@@H](OC)O[C@H]([C@@H](O)c2ccccc2)[C@@H](OCc2ccc(OC)cc2)[C@@H]1O[Si](C)(C)C(C)(C)C. The molecule has 206 valence electrons. The molecule has 3 rings (SSSR count). The van der Waals surface area contributed by atoms with Crippen LogP contribution in [0.5, 0.6) is 5.75 Å². The van der Waals surface area contributed by atoms with E-state index < -0.39 is 45.1 Å². The first-order chi connectivity index (χ1) is 17.5. The van der Waals surface area contributed by atoms with E-state index in [1.54, 1.807) is 14.2 Å². The summed E-state index contributed by atoms with van der Waals surface area (Å²) >= 11 is 0. The van der Waals surface area contributed by atoms with Gasteiger partial charge in [-0.2, -0.15) is 0 Å². The molecule has 1 fully saturated rings. The topological polar surface area (TPSA) is 75.6 Å². The van der Waals surface area contributed by atoms with Crippen molar-refractivity contribution < 1.29 is 33.2 Å². The molecule has 0 radical (unpaired) electrons. The molecule has 1 aliphatic rings. The average Bonchev–Trinajstić information content (AvgIpc) is 2.88. The lowest BCUT2D eigenvalue weighted by Gasteiger charge is -2.50. The van der Waals surface area contributed by atoms with E-state index in [2.05, 4.69) is 33.9 Å². The predicted molar refractivity (Wildman–Crippen MR) is 146 cm³/mol. The highest BCUT2D eigenvalue weighted by Crippen LogP contribution is 2.42. The van der Waals surface area contributed by atoms with Crippen LogP contribution in [0.25, 0.3) is 0 Å². The van der Waals surface area contributed by atoms with Gasteiger partial charge in [0.2, 0.25) is 0 Å². The minimum absolute atomic E-state index is 0.0429. The Morgan fingerprint density at radius 1 is 0.919 bits per heavy atom. The standard InChI is InChI=1S/C29H44O7Si/c1-9-33-27-26(36-37(7,8)29(2,3)4)25(34-19-20-15-17-22(31-5)18-16-20)24(35-28(27)32-6)23(30)21-13-11-10-12-14-21/h10-18,23-28,30H,9,19H2,1-8H3/t23-,24+,25+,26-,27-,28-/m0/s1. The molecule has 0 unspecified atom stereocenters. The first-order valence-corrected chi connectivity index (χ1v) is 15.9. The normalized spacial score (nSPS) is 25.6. The third kappa shape index (κ3) is 7.20. The van der Waals surface area contributed by atoms with E-state index in [9.17, 15) is 5.11 Å². The summed E-state index contributed by atoms with van der Waals surface area (Å²) in [6.07, 6.45) is -4.07. The Kier molecular flexibility index (Phi) is 10.3. The molecule has 0 saturated carbocycles. The zero-order valence-corrected chi connectivity index (χ0v) is 24.5. The van der Waals surface area contributed by atoms with Crippen LogP contribution in [0.15, 0.2) is 54.6 Å². The molecule has 1 N–H and O–H groups in total. The Morgan fingerprint density at radius 2 is 1.57 bits per heavy atom. The van der Waals surface area contributed by atoms with Crippen molar-refractivity contribution >= 4 is 8.32 Å². The lowest BCUT2D eigenvalue weighted by atomic mass is 9.91. The van der Waals surface area contributed by atoms with Crippen molar-refractivity contribution in [2.45, 2.75) is 89.2 Å². The number of rotatable bonds is 11. The molecule has 1 heterocycles. The van der Waals surface area contributed by atoms with Gasteiger partial charge in [-0.25, -0.2) is 0 Å². The summed E-state index contributed by atoms with van der Waals surface area (Å²) in [4.78, 5) is 0. The summed E-state index contributed by atoms with van der Waals surface area (Å²) in [6.45, 7) is 13.7. The smallest absolute Gasteiger partial charge is 0.192 e. The molecule has 37 heavy (non-hydrogen) atoms. The van der Waals surface area contributed by atoms with Crippen LogP contribution in [0.2, 0.25) is 18.1 Å². The van der Waals surface area contributed by atoms with Gasteiger partial charge in [0.25, 0.3) is 0 Å². The van der Waals surface area contributed by atoms with Crippen molar-refractivity contribution in [3.63, 3.8) is 0 Å². The zero-order valence-electron chi connectivity index (χ0n) is 23.5. The van der Waals surface area contributed by atoms with E-state index in [1.165, 1.54) is 0 Å². The molecule has 2 aromatic carbocycles. The number of hydrogen-bond acceptors (Lipinski definition) is 7. The van der Waals surface area contributed by atoms with Crippen LogP contribution in [-0.2, 0) is 30.0 Å². The molecule has 0 bridgehead atoms. The molecule has 7 nitrogen and oxygen atoms in total. The second-order valence-corrected chi connectivity index (χ2v) is 15.7. The molecule has 6 atom stereocenters. The molecule has 2 aromatic rings. The van der Waals surface area contributed by atoms with Crippen LogP contribution in [-0.4, -0.2) is 65.0 Å². The van der Waals surface area contributed by atoms with Gasteiger partial charge in [0.15, 0.2) is 14.6 Å². The van der Waals surface area contributed by atoms with Gasteiger partial charge in [0.05, 0.1) is 13.7 Å². The van der Waals surface area contributed by atoms with Gasteiger partial charge in [-0.1, -0.05) is 63.2 Å². The van der Waals surface area contributed by atoms with E-state index in [4.69, 9.17) is 28.1 Å². The Labute approximate surface area is 223 Å². The van der Waals surface area contributed by atoms with Gasteiger partial charge >= 0.3 is 0 Å². The van der Waals surface area contributed by atoms with Crippen LogP contribution >= 0.6 is 0 Å². The number of ether oxygens (including phenoxy) is 5. The van der Waals surface area contributed by atoms with E-state index in [0.717, 1.165) is 16.9 Å². The fourth-order valence-electron chi connectivity index (χ4n) is 4.24. The second-order valence-electron chi connectivity index (χ2n) is 10.9. The van der Waals surface area contributed by atoms with Gasteiger partial charge in [0.1, 0.15) is 36.3 Å². The third-order valence-electron chi connectivity index (χ3n) is 7.41. The largest absolute Gasteiger partial charge is 0.497 e. The monoisotopic (exact) mass is 532 g/mol. The van der Waals surface area contributed by atoms with Crippen LogP contribution in [0.3, 0.4) is 0 Å². The molecule has 0 spiro atoms. The third-order valence-corrected chi connectivity index (χ3v) is 11.9. The van der Waals surface area contributed by atoms with Crippen molar-refractivity contribution in [2.75, 3.05) is 20.8 Å². The molecule has 0 amide bonds. The Bertz CT molecular complexity index is 945. The first kappa shape index (κ1) is 29.8. The second kappa shape index (κ2) is 12.8. The minimum Gasteiger partial charge on any atom is -0.497 e. The Hall–Kier alpha value is -1.78. The average molecular weight is 533 g/mol. The van der Waals surface area contributed by atoms with Crippen molar-refractivity contribution in [3.05, 3.63) is 65.7 Å². The molecule has 0 aromatic heterocycles. The van der Waals surface area contributed by atoms with Crippen molar-refractivity contribution in [2.24, 2.45) is 0 Å². The van der Waals surface area contributed by atoms with E-state index in [-0.39, 0.29) is 5.04 Å². The summed E-state index contributed by atoms with van der Waals surface area (Å²) < 4.78 is 37.2. The number of methoxy groups -OCH3 is 2. The Balaban J connectivity index is 2.02. The summed E-state index contributed by atoms with van der Waals surface area (Å²) in [6, 6.07) is 17.2. The number of aliphatic hydroxyl groups is 1. The minimum atomic E-state index is -2.28. The van der Waals surface area contributed by atoms with E-state index >= 15 is 0 Å². The van der Waals surface area contributed by atoms with Crippen molar-refractivity contribution in [1.82, 2.24) is 0 Å². The summed E-state index contributed by atoms with van der Waals surface area (Å²) in [5, 5.41) is 11.5. The van der Waals surface area contributed by atoms with E-state index in [1.807, 2.05) is 61.5 Å². The van der Waals surface area contributed by atoms with Gasteiger partial charge in [0, 0.05) is 13.7 Å². The first-order valence-electron chi connectivity index (χ1n) is 13.0. The summed E-state index contributed by atoms with van der Waals surface area (Å²) in [7, 11) is 0.949. The zero-order chi connectivity index (χ0) is 27.2. The maximum absolute atomic E-state index is 11.5. The lowest BCUT2D eigenvalue weighted by molar-refractivity contribution is -0.317. The molecular weight excluding hydrogens is 488 g/mol. The van der Waals surface area contributed by atoms with Gasteiger partial charge in [-0.15, -0.1) is 0 Å². The molecule has 8 heteroatoms. The fourth-order valence-corrected chi connectivity index (χ4v) is 5.55. The van der Waals surface area contributed by atoms with Crippen LogP contribution in [0.4, 0.5) is 0 Å². The van der Waals surface area contributed by atoms with Crippen LogP contribution in [0.1, 0.15) is 44.9 Å². The van der Waals surface area contributed by atoms with Crippen LogP contribution in [0, 0.1) is 0 Å². The number of aliphatic hydroxyl groups excluding tert-OH is 1.